The summed E-state index contributed by atoms with van der Waals surface area (Å²) >= 11 is 0. The summed E-state index contributed by atoms with van der Waals surface area (Å²) < 4.78 is 11.1. The van der Waals surface area contributed by atoms with Crippen LogP contribution >= 0.6 is 0 Å². The average molecular weight is 824 g/mol. The maximum atomic E-state index is 13.0. The van der Waals surface area contributed by atoms with Crippen LogP contribution in [0.4, 0.5) is 0 Å². The molecule has 0 spiro atoms. The first-order chi connectivity index (χ1) is 28.3. The van der Waals surface area contributed by atoms with Gasteiger partial charge in [-0.2, -0.15) is 0 Å². The van der Waals surface area contributed by atoms with Crippen LogP contribution in [0.5, 0.6) is 0 Å². The number of rotatable bonds is 39. The van der Waals surface area contributed by atoms with E-state index in [1.54, 1.807) is 6.08 Å². The second kappa shape index (κ2) is 38.3. The summed E-state index contributed by atoms with van der Waals surface area (Å²) in [6.07, 6.45) is 36.6. The molecular formula is C48H89NO9. The van der Waals surface area contributed by atoms with Crippen LogP contribution in [0, 0.1) is 0 Å². The van der Waals surface area contributed by atoms with Gasteiger partial charge in [-0.3, -0.25) is 4.79 Å². The van der Waals surface area contributed by atoms with Gasteiger partial charge in [0.25, 0.3) is 0 Å². The lowest BCUT2D eigenvalue weighted by Crippen LogP contribution is -2.60. The first-order valence-electron chi connectivity index (χ1n) is 23.8. The molecule has 0 bridgehead atoms. The van der Waals surface area contributed by atoms with Crippen molar-refractivity contribution in [3.8, 4) is 0 Å². The van der Waals surface area contributed by atoms with Crippen molar-refractivity contribution in [1.82, 2.24) is 5.32 Å². The van der Waals surface area contributed by atoms with Gasteiger partial charge in [0.2, 0.25) is 5.91 Å². The summed E-state index contributed by atoms with van der Waals surface area (Å²) in [5.74, 6) is -0.632. The van der Waals surface area contributed by atoms with Gasteiger partial charge in [-0.05, 0) is 57.8 Å². The Bertz CT molecular complexity index is 1020. The van der Waals surface area contributed by atoms with E-state index in [1.807, 2.05) is 6.08 Å². The summed E-state index contributed by atoms with van der Waals surface area (Å²) in [4.78, 5) is 13.0. The molecule has 1 aliphatic rings. The lowest BCUT2D eigenvalue weighted by Gasteiger charge is -2.40. The highest BCUT2D eigenvalue weighted by Gasteiger charge is 2.44. The molecule has 8 atom stereocenters. The Morgan fingerprint density at radius 3 is 1.50 bits per heavy atom. The van der Waals surface area contributed by atoms with E-state index in [2.05, 4.69) is 43.5 Å². The third-order valence-electron chi connectivity index (χ3n) is 11.3. The van der Waals surface area contributed by atoms with E-state index in [1.165, 1.54) is 128 Å². The molecule has 0 aromatic heterocycles. The minimum atomic E-state index is -1.62. The second-order valence-electron chi connectivity index (χ2n) is 16.7. The van der Waals surface area contributed by atoms with Gasteiger partial charge in [-0.25, -0.2) is 0 Å². The van der Waals surface area contributed by atoms with E-state index in [0.717, 1.165) is 38.5 Å². The van der Waals surface area contributed by atoms with Crippen molar-refractivity contribution < 1.29 is 44.9 Å². The fourth-order valence-electron chi connectivity index (χ4n) is 7.35. The summed E-state index contributed by atoms with van der Waals surface area (Å²) in [6, 6.07) is -0.998. The molecule has 0 aromatic carbocycles. The first kappa shape index (κ1) is 54.4. The maximum absolute atomic E-state index is 13.0. The molecule has 0 radical (unpaired) electrons. The normalized spacial score (nSPS) is 21.7. The molecule has 58 heavy (non-hydrogen) atoms. The molecule has 10 heteroatoms. The highest BCUT2D eigenvalue weighted by molar-refractivity contribution is 5.80. The Morgan fingerprint density at radius 2 is 1.02 bits per heavy atom. The average Bonchev–Trinajstić information content (AvgIpc) is 3.22. The number of ether oxygens (including phenoxy) is 2. The molecule has 1 fully saturated rings. The van der Waals surface area contributed by atoms with Gasteiger partial charge in [0.15, 0.2) is 6.29 Å². The van der Waals surface area contributed by atoms with Crippen molar-refractivity contribution in [3.63, 3.8) is 0 Å². The zero-order valence-corrected chi connectivity index (χ0v) is 36.9. The number of allylic oxidation sites excluding steroid dienone is 5. The fraction of sp³-hybridized carbons (Fsp3) is 0.854. The van der Waals surface area contributed by atoms with Crippen LogP contribution in [0.2, 0.25) is 0 Å². The van der Waals surface area contributed by atoms with Crippen LogP contribution < -0.4 is 5.32 Å². The lowest BCUT2D eigenvalue weighted by molar-refractivity contribution is -0.302. The number of carbonyl (C=O) groups is 1. The fourth-order valence-corrected chi connectivity index (χ4v) is 7.35. The van der Waals surface area contributed by atoms with Crippen LogP contribution in [-0.2, 0) is 14.3 Å². The monoisotopic (exact) mass is 824 g/mol. The quantitative estimate of drug-likeness (QED) is 0.0236. The minimum Gasteiger partial charge on any atom is -0.394 e. The molecule has 340 valence electrons. The Labute approximate surface area is 354 Å². The van der Waals surface area contributed by atoms with E-state index in [-0.39, 0.29) is 6.61 Å². The van der Waals surface area contributed by atoms with Gasteiger partial charge in [-0.15, -0.1) is 0 Å². The molecule has 1 amide bonds. The topological polar surface area (TPSA) is 169 Å². The molecule has 8 unspecified atom stereocenters. The van der Waals surface area contributed by atoms with Crippen LogP contribution in [-0.4, -0.2) is 98.7 Å². The number of carbonyl (C=O) groups excluding carboxylic acids is 1. The molecule has 0 aliphatic carbocycles. The number of hydrogen-bond acceptors (Lipinski definition) is 9. The van der Waals surface area contributed by atoms with Crippen molar-refractivity contribution in [1.29, 1.82) is 0 Å². The predicted octanol–water partition coefficient (Wildman–Crippen LogP) is 9.03. The molecule has 7 N–H and O–H groups in total. The Balaban J connectivity index is 2.44. The minimum absolute atomic E-state index is 0.296. The van der Waals surface area contributed by atoms with Crippen molar-refractivity contribution in [2.75, 3.05) is 13.2 Å². The zero-order chi connectivity index (χ0) is 42.5. The smallest absolute Gasteiger partial charge is 0.249 e. The van der Waals surface area contributed by atoms with Crippen LogP contribution in [0.3, 0.4) is 0 Å². The molecule has 1 rings (SSSR count). The SMILES string of the molecule is CCCCCCCC/C=C\CCCCCCCCC(O)C(=O)NC(COC1OC(CO)C(O)C(O)C1O)C(O)/C=C/CC/C=C/CCCCCCCCCCCCC. The largest absolute Gasteiger partial charge is 0.394 e. The van der Waals surface area contributed by atoms with Crippen molar-refractivity contribution in [2.45, 2.75) is 249 Å². The van der Waals surface area contributed by atoms with Gasteiger partial charge in [0, 0.05) is 0 Å². The zero-order valence-electron chi connectivity index (χ0n) is 36.9. The molecule has 1 aliphatic heterocycles. The van der Waals surface area contributed by atoms with Gasteiger partial charge in [-0.1, -0.05) is 179 Å². The summed E-state index contributed by atoms with van der Waals surface area (Å²) in [5, 5.41) is 64.7. The van der Waals surface area contributed by atoms with Gasteiger partial charge >= 0.3 is 0 Å². The number of amides is 1. The number of nitrogens with one attached hydrogen (secondary N) is 1. The van der Waals surface area contributed by atoms with Crippen molar-refractivity contribution >= 4 is 5.91 Å². The molecular weight excluding hydrogens is 735 g/mol. The van der Waals surface area contributed by atoms with E-state index >= 15 is 0 Å². The second-order valence-corrected chi connectivity index (χ2v) is 16.7. The number of hydrogen-bond donors (Lipinski definition) is 7. The standard InChI is InChI=1S/C48H89NO9/c1-3-5-7-9-11-13-15-17-19-21-23-24-26-28-30-32-34-36-41(51)40(39-57-48-46(55)45(54)44(53)43(38-50)58-48)49-47(56)42(52)37-35-33-31-29-27-25-22-20-18-16-14-12-10-8-6-4-2/h18,20,26,28,34,36,40-46,48,50-55H,3-17,19,21-25,27,29-33,35,37-39H2,1-2H3,(H,49,56)/b20-18-,28-26+,36-34+. The summed E-state index contributed by atoms with van der Waals surface area (Å²) in [6.45, 7) is 3.58. The number of aliphatic hydroxyl groups is 6. The van der Waals surface area contributed by atoms with Crippen LogP contribution in [0.1, 0.15) is 200 Å². The van der Waals surface area contributed by atoms with Gasteiger partial charge in [0.1, 0.15) is 30.5 Å². The molecule has 1 saturated heterocycles. The van der Waals surface area contributed by atoms with E-state index in [0.29, 0.717) is 19.3 Å². The van der Waals surface area contributed by atoms with E-state index in [4.69, 9.17) is 9.47 Å². The highest BCUT2D eigenvalue weighted by Crippen LogP contribution is 2.22. The van der Waals surface area contributed by atoms with Crippen molar-refractivity contribution in [3.05, 3.63) is 36.5 Å². The van der Waals surface area contributed by atoms with Crippen LogP contribution in [0.15, 0.2) is 36.5 Å². The Kier molecular flexibility index (Phi) is 35.9. The van der Waals surface area contributed by atoms with E-state index < -0.39 is 61.5 Å². The maximum Gasteiger partial charge on any atom is 0.249 e. The molecule has 10 nitrogen and oxygen atoms in total. The highest BCUT2D eigenvalue weighted by atomic mass is 16.7. The number of aliphatic hydroxyl groups excluding tert-OH is 6. The summed E-state index contributed by atoms with van der Waals surface area (Å²) in [7, 11) is 0. The summed E-state index contributed by atoms with van der Waals surface area (Å²) in [5.41, 5.74) is 0. The van der Waals surface area contributed by atoms with Crippen LogP contribution in [0.25, 0.3) is 0 Å². The molecule has 0 saturated carbocycles. The molecule has 1 heterocycles. The molecule has 0 aromatic rings. The number of unbranched alkanes of at least 4 members (excludes halogenated alkanes) is 24. The third kappa shape index (κ3) is 28.0. The Morgan fingerprint density at radius 1 is 0.586 bits per heavy atom. The van der Waals surface area contributed by atoms with Crippen molar-refractivity contribution in [2.24, 2.45) is 0 Å². The van der Waals surface area contributed by atoms with E-state index in [9.17, 15) is 35.4 Å². The van der Waals surface area contributed by atoms with Gasteiger partial charge < -0.3 is 45.4 Å². The third-order valence-corrected chi connectivity index (χ3v) is 11.3. The Hall–Kier alpha value is -1.63. The first-order valence-corrected chi connectivity index (χ1v) is 23.8. The van der Waals surface area contributed by atoms with Gasteiger partial charge in [0.05, 0.1) is 25.4 Å². The lowest BCUT2D eigenvalue weighted by atomic mass is 9.99. The predicted molar refractivity (Wildman–Crippen MR) is 236 cm³/mol.